The largest absolute Gasteiger partial charge is 0.353 e. The maximum absolute atomic E-state index is 6.57. The quantitative estimate of drug-likeness (QED) is 0.587. The number of nitrogens with zero attached hydrogens (tertiary/aromatic N) is 4. The second kappa shape index (κ2) is 7.07. The average Bonchev–Trinajstić information content (AvgIpc) is 3.40. The zero-order valence-electron chi connectivity index (χ0n) is 16.5. The molecule has 0 N–H and O–H groups in total. The zero-order valence-corrected chi connectivity index (χ0v) is 18.0. The molecule has 2 aromatic rings. The van der Waals surface area contributed by atoms with Gasteiger partial charge in [0.25, 0.3) is 0 Å². The van der Waals surface area contributed by atoms with Crippen molar-refractivity contribution in [3.63, 3.8) is 0 Å². The van der Waals surface area contributed by atoms with Crippen LogP contribution >= 0.6 is 23.2 Å². The van der Waals surface area contributed by atoms with E-state index >= 15 is 0 Å². The Morgan fingerprint density at radius 2 is 1.93 bits per heavy atom. The van der Waals surface area contributed by atoms with Gasteiger partial charge in [0, 0.05) is 35.6 Å². The third-order valence-electron chi connectivity index (χ3n) is 6.33. The Kier molecular flexibility index (Phi) is 4.67. The summed E-state index contributed by atoms with van der Waals surface area (Å²) in [5, 5.41) is 1.34. The summed E-state index contributed by atoms with van der Waals surface area (Å²) in [4.78, 5) is 14.7. The Labute approximate surface area is 176 Å². The Morgan fingerprint density at radius 1 is 1.14 bits per heavy atom. The number of halogens is 2. The lowest BCUT2D eigenvalue weighted by Gasteiger charge is -2.40. The highest BCUT2D eigenvalue weighted by Gasteiger charge is 2.43. The van der Waals surface area contributed by atoms with Crippen LogP contribution in [-0.2, 0) is 0 Å². The van der Waals surface area contributed by atoms with Crippen LogP contribution in [0.4, 0.5) is 17.3 Å². The van der Waals surface area contributed by atoms with Crippen LogP contribution in [0, 0.1) is 12.8 Å². The van der Waals surface area contributed by atoms with E-state index in [0.717, 1.165) is 36.3 Å². The van der Waals surface area contributed by atoms with Crippen LogP contribution in [0.1, 0.15) is 56.3 Å². The molecule has 0 amide bonds. The zero-order chi connectivity index (χ0) is 19.4. The summed E-state index contributed by atoms with van der Waals surface area (Å²) in [6.07, 6.45) is 6.32. The van der Waals surface area contributed by atoms with Gasteiger partial charge in [-0.3, -0.25) is 0 Å². The molecule has 3 aliphatic rings. The van der Waals surface area contributed by atoms with Crippen LogP contribution in [0.3, 0.4) is 0 Å². The first-order valence-electron chi connectivity index (χ1n) is 10.4. The van der Waals surface area contributed by atoms with Gasteiger partial charge < -0.3 is 9.80 Å². The smallest absolute Gasteiger partial charge is 0.142 e. The van der Waals surface area contributed by atoms with Crippen LogP contribution in [0.5, 0.6) is 0 Å². The van der Waals surface area contributed by atoms with Gasteiger partial charge in [0.15, 0.2) is 0 Å². The van der Waals surface area contributed by atoms with E-state index in [1.165, 1.54) is 43.5 Å². The topological polar surface area (TPSA) is 32.3 Å². The van der Waals surface area contributed by atoms with Gasteiger partial charge in [-0.15, -0.1) is 0 Å². The minimum atomic E-state index is 0.462. The van der Waals surface area contributed by atoms with Crippen molar-refractivity contribution in [2.45, 2.75) is 57.9 Å². The highest BCUT2D eigenvalue weighted by molar-refractivity contribution is 6.36. The molecule has 0 spiro atoms. The molecular formula is C22H26Cl2N4. The second-order valence-electron chi connectivity index (χ2n) is 8.51. The number of rotatable bonds is 5. The van der Waals surface area contributed by atoms with Gasteiger partial charge in [0.05, 0.1) is 10.7 Å². The molecule has 1 fully saturated rings. The Morgan fingerprint density at radius 3 is 2.64 bits per heavy atom. The number of aryl methyl sites for hydroxylation is 1. The standard InChI is InChI=1S/C22H26Cl2N4/c1-3-4-17-9-15-12-28(19-8-7-16(23)10-18(19)24)22-20(15)21(25-13(2)26-22)27(17)11-14-5-6-14/h7-8,10,14-15,17H,3-6,9,11-12H2,1-2H3. The maximum Gasteiger partial charge on any atom is 0.142 e. The molecule has 2 aliphatic heterocycles. The van der Waals surface area contributed by atoms with Gasteiger partial charge in [0.2, 0.25) is 0 Å². The van der Waals surface area contributed by atoms with Gasteiger partial charge in [-0.1, -0.05) is 36.5 Å². The molecule has 3 heterocycles. The van der Waals surface area contributed by atoms with E-state index in [9.17, 15) is 0 Å². The van der Waals surface area contributed by atoms with Crippen molar-refractivity contribution >= 4 is 40.5 Å². The summed E-state index contributed by atoms with van der Waals surface area (Å²) in [7, 11) is 0. The first kappa shape index (κ1) is 18.5. The third-order valence-corrected chi connectivity index (χ3v) is 6.87. The fourth-order valence-corrected chi connectivity index (χ4v) is 5.41. The van der Waals surface area contributed by atoms with Gasteiger partial charge in [0.1, 0.15) is 17.5 Å². The summed E-state index contributed by atoms with van der Waals surface area (Å²) in [6.45, 7) is 6.35. The molecule has 4 nitrogen and oxygen atoms in total. The fourth-order valence-electron chi connectivity index (χ4n) is 4.89. The molecule has 1 aromatic heterocycles. The summed E-state index contributed by atoms with van der Waals surface area (Å²) in [5.74, 6) is 4.35. The Bertz CT molecular complexity index is 912. The minimum Gasteiger partial charge on any atom is -0.353 e. The van der Waals surface area contributed by atoms with E-state index < -0.39 is 0 Å². The summed E-state index contributed by atoms with van der Waals surface area (Å²) in [6, 6.07) is 6.31. The van der Waals surface area contributed by atoms with Crippen molar-refractivity contribution in [3.8, 4) is 0 Å². The van der Waals surface area contributed by atoms with Crippen molar-refractivity contribution in [2.75, 3.05) is 22.9 Å². The van der Waals surface area contributed by atoms with Crippen LogP contribution in [0.15, 0.2) is 18.2 Å². The Balaban J connectivity index is 1.60. The number of hydrogen-bond donors (Lipinski definition) is 0. The molecule has 1 saturated carbocycles. The maximum atomic E-state index is 6.57. The normalized spacial score (nSPS) is 23.3. The number of benzene rings is 1. The van der Waals surface area contributed by atoms with Crippen LogP contribution in [-0.4, -0.2) is 29.1 Å². The molecule has 1 aromatic carbocycles. The van der Waals surface area contributed by atoms with E-state index in [2.05, 4.69) is 16.7 Å². The molecular weight excluding hydrogens is 391 g/mol. The molecule has 6 heteroatoms. The number of hydrogen-bond acceptors (Lipinski definition) is 4. The summed E-state index contributed by atoms with van der Waals surface area (Å²) in [5.41, 5.74) is 2.31. The number of aromatic nitrogens is 2. The van der Waals surface area contributed by atoms with Crippen LogP contribution in [0.2, 0.25) is 10.0 Å². The average molecular weight is 417 g/mol. The van der Waals surface area contributed by atoms with Crippen molar-refractivity contribution < 1.29 is 0 Å². The number of anilines is 3. The van der Waals surface area contributed by atoms with Gasteiger partial charge in [-0.2, -0.15) is 0 Å². The first-order valence-corrected chi connectivity index (χ1v) is 11.2. The molecule has 0 bridgehead atoms. The van der Waals surface area contributed by atoms with Gasteiger partial charge >= 0.3 is 0 Å². The molecule has 5 rings (SSSR count). The van der Waals surface area contributed by atoms with Crippen molar-refractivity contribution in [2.24, 2.45) is 5.92 Å². The molecule has 0 saturated heterocycles. The monoisotopic (exact) mass is 416 g/mol. The second-order valence-corrected chi connectivity index (χ2v) is 9.35. The molecule has 28 heavy (non-hydrogen) atoms. The fraction of sp³-hybridized carbons (Fsp3) is 0.545. The van der Waals surface area contributed by atoms with E-state index in [4.69, 9.17) is 33.2 Å². The predicted molar refractivity (Wildman–Crippen MR) is 116 cm³/mol. The lowest BCUT2D eigenvalue weighted by Crippen LogP contribution is -2.42. The molecule has 0 radical (unpaired) electrons. The van der Waals surface area contributed by atoms with E-state index in [-0.39, 0.29) is 0 Å². The SMILES string of the molecule is CCCC1CC2CN(c3ccc(Cl)cc3Cl)c3nc(C)nc(c32)N1CC1CC1. The van der Waals surface area contributed by atoms with Crippen LogP contribution in [0.25, 0.3) is 0 Å². The first-order chi connectivity index (χ1) is 13.5. The van der Waals surface area contributed by atoms with E-state index in [1.807, 2.05) is 25.1 Å². The minimum absolute atomic E-state index is 0.462. The highest BCUT2D eigenvalue weighted by Crippen LogP contribution is 2.51. The third kappa shape index (κ3) is 3.15. The Hall–Kier alpha value is -1.52. The summed E-state index contributed by atoms with van der Waals surface area (Å²) < 4.78 is 0. The molecule has 2 atom stereocenters. The van der Waals surface area contributed by atoms with E-state index in [1.54, 1.807) is 0 Å². The lowest BCUT2D eigenvalue weighted by atomic mass is 9.87. The van der Waals surface area contributed by atoms with Gasteiger partial charge in [-0.25, -0.2) is 9.97 Å². The highest BCUT2D eigenvalue weighted by atomic mass is 35.5. The summed E-state index contributed by atoms with van der Waals surface area (Å²) >= 11 is 12.7. The predicted octanol–water partition coefficient (Wildman–Crippen LogP) is 6.12. The molecule has 148 valence electrons. The molecule has 2 unspecified atom stereocenters. The van der Waals surface area contributed by atoms with Crippen LogP contribution < -0.4 is 9.80 Å². The molecule has 1 aliphatic carbocycles. The lowest BCUT2D eigenvalue weighted by molar-refractivity contribution is 0.439. The van der Waals surface area contributed by atoms with Crippen molar-refractivity contribution in [1.29, 1.82) is 0 Å². The van der Waals surface area contributed by atoms with Crippen molar-refractivity contribution in [1.82, 2.24) is 9.97 Å². The van der Waals surface area contributed by atoms with E-state index in [0.29, 0.717) is 22.0 Å². The van der Waals surface area contributed by atoms with Crippen molar-refractivity contribution in [3.05, 3.63) is 39.6 Å². The van der Waals surface area contributed by atoms with Gasteiger partial charge in [-0.05, 0) is 56.7 Å².